The zero-order valence-corrected chi connectivity index (χ0v) is 30.9. The van der Waals surface area contributed by atoms with Crippen molar-refractivity contribution in [1.29, 1.82) is 0 Å². The Morgan fingerprint density at radius 2 is 0.868 bits per heavy atom. The Bertz CT molecular complexity index is 530. The first-order valence-electron chi connectivity index (χ1n) is 15.2. The Morgan fingerprint density at radius 1 is 0.605 bits per heavy atom. The molecule has 0 aromatic heterocycles. The molecule has 1 rings (SSSR count). The van der Waals surface area contributed by atoms with Crippen molar-refractivity contribution in [2.24, 2.45) is 0 Å². The van der Waals surface area contributed by atoms with Crippen LogP contribution in [0, 0.1) is 12.3 Å². The van der Waals surface area contributed by atoms with Gasteiger partial charge in [-0.15, -0.1) is 33.5 Å². The number of hydrogen-bond donors (Lipinski definition) is 0. The predicted molar refractivity (Wildman–Crippen MR) is 178 cm³/mol. The van der Waals surface area contributed by atoms with E-state index in [0.29, 0.717) is 15.8 Å². The van der Waals surface area contributed by atoms with Gasteiger partial charge < -0.3 is 11.2 Å². The predicted octanol–water partition coefficient (Wildman–Crippen LogP) is 12.1. The van der Waals surface area contributed by atoms with Gasteiger partial charge in [-0.1, -0.05) is 80.1 Å². The first kappa shape index (κ1) is 42.9. The SMILES string of the molecule is CCCCP(CCCC)CCCC.CCCCP(CCCC)CCCC.[C-]#Cc1ccc(OC)cc1.[Cl][Pt+]. The summed E-state index contributed by atoms with van der Waals surface area (Å²) >= 11 is 1.61. The van der Waals surface area contributed by atoms with Crippen LogP contribution < -0.4 is 4.74 Å². The molecule has 0 aliphatic rings. The Labute approximate surface area is 258 Å². The number of rotatable bonds is 19. The van der Waals surface area contributed by atoms with E-state index in [1.54, 1.807) is 87.1 Å². The van der Waals surface area contributed by atoms with Crippen molar-refractivity contribution in [2.45, 2.75) is 119 Å². The van der Waals surface area contributed by atoms with E-state index in [9.17, 15) is 0 Å². The van der Waals surface area contributed by atoms with E-state index in [4.69, 9.17) is 11.2 Å². The maximum atomic E-state index is 6.78. The van der Waals surface area contributed by atoms with Crippen molar-refractivity contribution in [3.8, 4) is 11.7 Å². The van der Waals surface area contributed by atoms with Crippen molar-refractivity contribution in [2.75, 3.05) is 44.1 Å². The van der Waals surface area contributed by atoms with Crippen molar-refractivity contribution in [3.63, 3.8) is 0 Å². The molecule has 0 radical (unpaired) electrons. The van der Waals surface area contributed by atoms with E-state index in [2.05, 4.69) is 56.9 Å². The average Bonchev–Trinajstić information content (AvgIpc) is 2.98. The topological polar surface area (TPSA) is 9.23 Å². The van der Waals surface area contributed by atoms with Gasteiger partial charge in [-0.3, -0.25) is 5.92 Å². The second-order valence-corrected chi connectivity index (χ2v) is 15.0. The summed E-state index contributed by atoms with van der Waals surface area (Å²) in [5.41, 5.74) is 0.765. The molecule has 0 unspecified atom stereocenters. The fraction of sp³-hybridized carbons (Fsp3) is 0.758. The van der Waals surface area contributed by atoms with Gasteiger partial charge in [0.25, 0.3) is 0 Å². The molecular weight excluding hydrogens is 705 g/mol. The molecule has 0 N–H and O–H groups in total. The molecule has 0 saturated heterocycles. The van der Waals surface area contributed by atoms with Crippen LogP contribution in [0.5, 0.6) is 5.75 Å². The molecule has 38 heavy (non-hydrogen) atoms. The van der Waals surface area contributed by atoms with E-state index in [1.165, 1.54) is 77.0 Å². The summed E-state index contributed by atoms with van der Waals surface area (Å²) in [4.78, 5) is 0. The minimum atomic E-state index is 0.422. The van der Waals surface area contributed by atoms with Gasteiger partial charge in [-0.25, -0.2) is 0 Å². The maximum absolute atomic E-state index is 6.78. The quantitative estimate of drug-likeness (QED) is 0.0774. The third-order valence-corrected chi connectivity index (χ3v) is 11.9. The van der Waals surface area contributed by atoms with Crippen molar-refractivity contribution < 1.29 is 23.5 Å². The summed E-state index contributed by atoms with van der Waals surface area (Å²) in [6, 6.07) is 7.17. The fourth-order valence-corrected chi connectivity index (χ4v) is 9.56. The molecule has 5 heteroatoms. The number of halogens is 1. The first-order valence-corrected chi connectivity index (χ1v) is 21.8. The van der Waals surface area contributed by atoms with Crippen LogP contribution in [-0.4, -0.2) is 44.1 Å². The molecule has 0 amide bonds. The van der Waals surface area contributed by atoms with E-state index < -0.39 is 0 Å². The summed E-state index contributed by atoms with van der Waals surface area (Å²) in [6.45, 7) is 13.9. The fourth-order valence-electron chi connectivity index (χ4n) is 3.64. The summed E-state index contributed by atoms with van der Waals surface area (Å²) < 4.78 is 4.92. The van der Waals surface area contributed by atoms with Gasteiger partial charge in [-0.05, 0) is 87.6 Å². The Balaban J connectivity index is -0.000000471. The molecule has 226 valence electrons. The number of benzene rings is 1. The van der Waals surface area contributed by atoms with Crippen molar-refractivity contribution >= 4 is 25.3 Å². The molecule has 0 heterocycles. The zero-order chi connectivity index (χ0) is 29.3. The molecule has 1 nitrogen and oxygen atoms in total. The number of hydrogen-bond acceptors (Lipinski definition) is 1. The Hall–Kier alpha value is 0.418. The zero-order valence-electron chi connectivity index (χ0n) is 26.0. The second-order valence-electron chi connectivity index (χ2n) is 9.66. The second kappa shape index (κ2) is 37.4. The van der Waals surface area contributed by atoms with Crippen LogP contribution in [0.3, 0.4) is 0 Å². The molecule has 1 aromatic carbocycles. The van der Waals surface area contributed by atoms with Gasteiger partial charge in [-0.2, -0.15) is 0 Å². The molecule has 0 spiro atoms. The van der Waals surface area contributed by atoms with Crippen molar-refractivity contribution in [3.05, 3.63) is 36.3 Å². The third-order valence-electron chi connectivity index (χ3n) is 6.20. The van der Waals surface area contributed by atoms with Crippen molar-refractivity contribution in [1.82, 2.24) is 0 Å². The van der Waals surface area contributed by atoms with Gasteiger partial charge >= 0.3 is 28.2 Å². The summed E-state index contributed by atoms with van der Waals surface area (Å²) in [5, 5.41) is 0. The molecule has 0 atom stereocenters. The third kappa shape index (κ3) is 31.0. The number of methoxy groups -OCH3 is 1. The molecule has 0 fully saturated rings. The van der Waals surface area contributed by atoms with Crippen LogP contribution in [0.2, 0.25) is 0 Å². The number of unbranched alkanes of at least 4 members (excludes halogenated alkanes) is 6. The summed E-state index contributed by atoms with van der Waals surface area (Å²) in [6.07, 6.45) is 33.2. The average molecular weight is 766 g/mol. The molecular formula is C33H61ClOP2Pt. The van der Waals surface area contributed by atoms with Crippen LogP contribution >= 0.6 is 25.3 Å². The van der Waals surface area contributed by atoms with Gasteiger partial charge in [0.15, 0.2) is 0 Å². The van der Waals surface area contributed by atoms with Crippen LogP contribution in [-0.2, 0) is 18.8 Å². The van der Waals surface area contributed by atoms with E-state index in [1.807, 2.05) is 0 Å². The van der Waals surface area contributed by atoms with Gasteiger partial charge in [0.1, 0.15) is 5.75 Å². The van der Waals surface area contributed by atoms with Crippen LogP contribution in [0.15, 0.2) is 24.3 Å². The van der Waals surface area contributed by atoms with E-state index in [-0.39, 0.29) is 0 Å². The van der Waals surface area contributed by atoms with Crippen LogP contribution in [0.4, 0.5) is 0 Å². The monoisotopic (exact) mass is 765 g/mol. The van der Waals surface area contributed by atoms with Gasteiger partial charge in [0.2, 0.25) is 0 Å². The van der Waals surface area contributed by atoms with Gasteiger partial charge in [0.05, 0.1) is 7.11 Å². The van der Waals surface area contributed by atoms with Crippen LogP contribution in [0.1, 0.15) is 124 Å². The standard InChI is InChI=1S/2C12H27P.C9H7O.ClH.Pt/c2*1-4-7-10-13(11-8-5-2)12-9-6-3;1-3-8-4-6-9(10-2)7-5-8;;/h2*4-12H2,1-3H3;4-7H,2H3;1H;/q;;-1;;+2/p-1. The van der Waals surface area contributed by atoms with Gasteiger partial charge in [0, 0.05) is 0 Å². The molecule has 0 saturated carbocycles. The summed E-state index contributed by atoms with van der Waals surface area (Å²) in [5.74, 6) is 3.08. The minimum absolute atomic E-state index is 0.422. The molecule has 0 bridgehead atoms. The first-order chi connectivity index (χ1) is 18.6. The Kier molecular flexibility index (Phi) is 42.2. The molecule has 1 aromatic rings. The Morgan fingerprint density at radius 3 is 1.05 bits per heavy atom. The van der Waals surface area contributed by atoms with E-state index in [0.717, 1.165) is 11.3 Å². The normalized spacial score (nSPS) is 9.97. The molecule has 0 aliphatic carbocycles. The van der Waals surface area contributed by atoms with Crippen LogP contribution in [0.25, 0.3) is 0 Å². The van der Waals surface area contributed by atoms with E-state index >= 15 is 0 Å². The number of ether oxygens (including phenoxy) is 1. The molecule has 0 aliphatic heterocycles. The summed E-state index contributed by atoms with van der Waals surface area (Å²) in [7, 11) is 7.07.